The first-order valence-electron chi connectivity index (χ1n) is 9.21. The molecule has 0 spiro atoms. The number of halogens is 5. The molecule has 0 amide bonds. The summed E-state index contributed by atoms with van der Waals surface area (Å²) < 4.78 is 68.9. The minimum atomic E-state index is -4.74. The van der Waals surface area contributed by atoms with Crippen molar-refractivity contribution >= 4 is 60.5 Å². The van der Waals surface area contributed by atoms with Gasteiger partial charge in [0.15, 0.2) is 0 Å². The van der Waals surface area contributed by atoms with Gasteiger partial charge in [-0.05, 0) is 54.1 Å². The minimum Gasteiger partial charge on any atom is -0.294 e. The lowest BCUT2D eigenvalue weighted by molar-refractivity contribution is -0.137. The van der Waals surface area contributed by atoms with Crippen molar-refractivity contribution in [3.63, 3.8) is 0 Å². The molecule has 4 rings (SSSR count). The zero-order valence-corrected chi connectivity index (χ0v) is 19.5. The highest BCUT2D eigenvalue weighted by atomic mass is 35.5. The van der Waals surface area contributed by atoms with E-state index in [1.54, 1.807) is 24.3 Å². The van der Waals surface area contributed by atoms with E-state index in [1.807, 2.05) is 0 Å². The lowest BCUT2D eigenvalue weighted by atomic mass is 10.2. The number of fused-ring (bicyclic) bond motifs is 1. The summed E-state index contributed by atoms with van der Waals surface area (Å²) in [5.41, 5.74) is -0.0786. The Labute approximate surface area is 200 Å². The molecule has 1 aromatic heterocycles. The van der Waals surface area contributed by atoms with Crippen LogP contribution in [0.4, 0.5) is 18.9 Å². The second-order valence-corrected chi connectivity index (χ2v) is 10.5. The Morgan fingerprint density at radius 1 is 0.970 bits per heavy atom. The van der Waals surface area contributed by atoms with Crippen LogP contribution in [0.15, 0.2) is 70.4 Å². The molecule has 0 saturated heterocycles. The van der Waals surface area contributed by atoms with Gasteiger partial charge in [-0.2, -0.15) is 13.2 Å². The van der Waals surface area contributed by atoms with E-state index >= 15 is 0 Å². The van der Waals surface area contributed by atoms with Crippen molar-refractivity contribution in [2.24, 2.45) is 0 Å². The third-order valence-electron chi connectivity index (χ3n) is 4.73. The number of benzene rings is 3. The summed E-state index contributed by atoms with van der Waals surface area (Å²) in [5, 5.41) is 0.0188. The number of alkyl halides is 3. The topological polar surface area (TPSA) is 68.2 Å². The van der Waals surface area contributed by atoms with Gasteiger partial charge in [0.1, 0.15) is 0 Å². The van der Waals surface area contributed by atoms with Gasteiger partial charge in [-0.3, -0.25) is 14.1 Å². The van der Waals surface area contributed by atoms with Crippen LogP contribution in [0, 0.1) is 0 Å². The molecule has 172 valence electrons. The third-order valence-corrected chi connectivity index (χ3v) is 7.63. The molecule has 12 heteroatoms. The van der Waals surface area contributed by atoms with Crippen molar-refractivity contribution in [2.45, 2.75) is 17.6 Å². The molecule has 0 aliphatic heterocycles. The molecule has 0 radical (unpaired) electrons. The first-order valence-corrected chi connectivity index (χ1v) is 12.3. The van der Waals surface area contributed by atoms with Crippen molar-refractivity contribution < 1.29 is 21.6 Å². The Hall–Kier alpha value is -2.53. The monoisotopic (exact) mass is 532 g/mol. The van der Waals surface area contributed by atoms with Gasteiger partial charge in [-0.1, -0.05) is 46.7 Å². The SMILES string of the molecule is O=c1sc2cc(S(=O)(=O)Nc3ccc(Cl)c(C(F)(F)F)c3)ccc2n1Cc1ccc(Cl)cc1. The van der Waals surface area contributed by atoms with Gasteiger partial charge in [-0.15, -0.1) is 0 Å². The summed E-state index contributed by atoms with van der Waals surface area (Å²) >= 11 is 12.3. The van der Waals surface area contributed by atoms with Gasteiger partial charge >= 0.3 is 11.0 Å². The second kappa shape index (κ2) is 8.68. The van der Waals surface area contributed by atoms with Crippen LogP contribution in [0.2, 0.25) is 10.0 Å². The number of thiazole rings is 1. The van der Waals surface area contributed by atoms with Crippen molar-refractivity contribution in [3.05, 3.63) is 91.5 Å². The smallest absolute Gasteiger partial charge is 0.294 e. The molecule has 33 heavy (non-hydrogen) atoms. The quantitative estimate of drug-likeness (QED) is 0.331. The lowest BCUT2D eigenvalue weighted by Gasteiger charge is -2.13. The Bertz CT molecular complexity index is 1510. The number of hydrogen-bond donors (Lipinski definition) is 1. The molecule has 0 fully saturated rings. The number of nitrogens with one attached hydrogen (secondary N) is 1. The number of nitrogens with zero attached hydrogens (tertiary/aromatic N) is 1. The van der Waals surface area contributed by atoms with E-state index in [2.05, 4.69) is 4.72 Å². The van der Waals surface area contributed by atoms with E-state index in [9.17, 15) is 26.4 Å². The predicted molar refractivity (Wildman–Crippen MR) is 124 cm³/mol. The van der Waals surface area contributed by atoms with Crippen LogP contribution in [0.25, 0.3) is 10.2 Å². The minimum absolute atomic E-state index is 0.196. The zero-order chi connectivity index (χ0) is 24.0. The van der Waals surface area contributed by atoms with E-state index in [1.165, 1.54) is 22.8 Å². The van der Waals surface area contributed by atoms with Gasteiger partial charge in [0.2, 0.25) is 0 Å². The Morgan fingerprint density at radius 3 is 2.33 bits per heavy atom. The Balaban J connectivity index is 1.66. The molecule has 1 heterocycles. The van der Waals surface area contributed by atoms with E-state index in [0.29, 0.717) is 21.3 Å². The fourth-order valence-corrected chi connectivity index (χ4v) is 5.59. The van der Waals surface area contributed by atoms with Gasteiger partial charge in [-0.25, -0.2) is 8.42 Å². The maximum atomic E-state index is 13.1. The molecule has 0 bridgehead atoms. The summed E-state index contributed by atoms with van der Waals surface area (Å²) in [6, 6.07) is 13.8. The number of rotatable bonds is 5. The highest BCUT2D eigenvalue weighted by Gasteiger charge is 2.33. The molecule has 4 aromatic rings. The standard InChI is InChI=1S/C21H13Cl2F3N2O3S2/c22-13-3-1-12(2-4-13)11-28-18-8-6-15(10-19(18)32-20(28)29)33(30,31)27-14-5-7-17(23)16(9-14)21(24,25)26/h1-10,27H,11H2. The van der Waals surface area contributed by atoms with Crippen molar-refractivity contribution in [1.29, 1.82) is 0 Å². The number of sulfonamides is 1. The highest BCUT2D eigenvalue weighted by molar-refractivity contribution is 7.92. The first-order chi connectivity index (χ1) is 15.4. The van der Waals surface area contributed by atoms with Crippen LogP contribution < -0.4 is 9.60 Å². The van der Waals surface area contributed by atoms with Crippen molar-refractivity contribution in [3.8, 4) is 0 Å². The summed E-state index contributed by atoms with van der Waals surface area (Å²) in [6.45, 7) is 0.269. The summed E-state index contributed by atoms with van der Waals surface area (Å²) in [5.74, 6) is 0. The predicted octanol–water partition coefficient (Wildman–Crippen LogP) is 6.24. The highest BCUT2D eigenvalue weighted by Crippen LogP contribution is 2.36. The molecule has 0 aliphatic carbocycles. The van der Waals surface area contributed by atoms with Gasteiger partial charge < -0.3 is 0 Å². The van der Waals surface area contributed by atoms with Crippen molar-refractivity contribution in [2.75, 3.05) is 4.72 Å². The average Bonchev–Trinajstić information content (AvgIpc) is 3.04. The number of aromatic nitrogens is 1. The van der Waals surface area contributed by atoms with Crippen molar-refractivity contribution in [1.82, 2.24) is 4.57 Å². The van der Waals surface area contributed by atoms with Crippen LogP contribution in [-0.2, 0) is 22.7 Å². The van der Waals surface area contributed by atoms with E-state index in [4.69, 9.17) is 23.2 Å². The first kappa shape index (κ1) is 23.6. The summed E-state index contributed by atoms with van der Waals surface area (Å²) in [7, 11) is -4.23. The normalized spacial score (nSPS) is 12.3. The van der Waals surface area contributed by atoms with Crippen LogP contribution in [0.3, 0.4) is 0 Å². The van der Waals surface area contributed by atoms with Crippen LogP contribution in [-0.4, -0.2) is 13.0 Å². The molecule has 1 N–H and O–H groups in total. The number of anilines is 1. The van der Waals surface area contributed by atoms with Gasteiger partial charge in [0.25, 0.3) is 10.0 Å². The van der Waals surface area contributed by atoms with Crippen LogP contribution in [0.1, 0.15) is 11.1 Å². The molecule has 0 aliphatic rings. The average molecular weight is 533 g/mol. The van der Waals surface area contributed by atoms with E-state index in [-0.39, 0.29) is 22.0 Å². The van der Waals surface area contributed by atoms with E-state index in [0.717, 1.165) is 29.0 Å². The fraction of sp³-hybridized carbons (Fsp3) is 0.0952. The molecule has 0 saturated carbocycles. The maximum Gasteiger partial charge on any atom is 0.417 e. The fourth-order valence-electron chi connectivity index (χ4n) is 3.16. The molecule has 3 aromatic carbocycles. The largest absolute Gasteiger partial charge is 0.417 e. The Morgan fingerprint density at radius 2 is 1.67 bits per heavy atom. The summed E-state index contributed by atoms with van der Waals surface area (Å²) in [6.07, 6.45) is -4.74. The van der Waals surface area contributed by atoms with E-state index < -0.39 is 26.8 Å². The Kier molecular flexibility index (Phi) is 6.21. The molecule has 5 nitrogen and oxygen atoms in total. The maximum absolute atomic E-state index is 13.1. The molecular weight excluding hydrogens is 520 g/mol. The van der Waals surface area contributed by atoms with Gasteiger partial charge in [0, 0.05) is 10.7 Å². The second-order valence-electron chi connectivity index (χ2n) is 7.01. The van der Waals surface area contributed by atoms with Crippen LogP contribution in [0.5, 0.6) is 0 Å². The lowest BCUT2D eigenvalue weighted by Crippen LogP contribution is -2.15. The third kappa shape index (κ3) is 5.03. The van der Waals surface area contributed by atoms with Crippen LogP contribution >= 0.6 is 34.5 Å². The number of hydrogen-bond acceptors (Lipinski definition) is 4. The summed E-state index contributed by atoms with van der Waals surface area (Å²) in [4.78, 5) is 12.0. The zero-order valence-electron chi connectivity index (χ0n) is 16.4. The molecular formula is C21H13Cl2F3N2O3S2. The molecule has 0 unspecified atom stereocenters. The molecule has 0 atom stereocenters. The van der Waals surface area contributed by atoms with Gasteiger partial charge in [0.05, 0.1) is 32.2 Å².